The molecule has 2 aliphatic heterocycles. The maximum atomic E-state index is 11.4. The number of aliphatic hydroxyl groups is 2. The zero-order valence-electron chi connectivity index (χ0n) is 22.2. The van der Waals surface area contributed by atoms with Crippen LogP contribution in [-0.2, 0) is 11.3 Å². The van der Waals surface area contributed by atoms with Crippen LogP contribution in [0.2, 0.25) is 0 Å². The third-order valence-electron chi connectivity index (χ3n) is 7.49. The number of fused-ring (bicyclic) bond motifs is 1. The van der Waals surface area contributed by atoms with Gasteiger partial charge in [-0.15, -0.1) is 0 Å². The van der Waals surface area contributed by atoms with E-state index in [2.05, 4.69) is 25.1 Å². The van der Waals surface area contributed by atoms with Crippen molar-refractivity contribution in [3.8, 4) is 0 Å². The molecule has 0 spiro atoms. The van der Waals surface area contributed by atoms with E-state index in [0.717, 1.165) is 50.2 Å². The zero-order valence-corrected chi connectivity index (χ0v) is 22.2. The van der Waals surface area contributed by atoms with E-state index >= 15 is 0 Å². The number of nitrogens with one attached hydrogen (secondary N) is 1. The van der Waals surface area contributed by atoms with Gasteiger partial charge in [-0.3, -0.25) is 14.6 Å². The first kappa shape index (κ1) is 27.1. The molecule has 12 nitrogen and oxygen atoms in total. The number of aliphatic hydroxyl groups excluding tert-OH is 2. The Bertz CT molecular complexity index is 1270. The van der Waals surface area contributed by atoms with Crippen LogP contribution in [0.25, 0.3) is 10.9 Å². The SMILES string of the molecule is C[C@@H](O)c1cc2cnc(Nc3ccc(CN4CCN(CCO)CC4)cn3)nc2c(N2CCC(C(=O)O)CC2)n1. The number of carboxylic acid groups (broad SMARTS) is 1. The van der Waals surface area contributed by atoms with E-state index in [1.165, 1.54) is 0 Å². The summed E-state index contributed by atoms with van der Waals surface area (Å²) in [6, 6.07) is 5.75. The van der Waals surface area contributed by atoms with Crippen LogP contribution in [0.4, 0.5) is 17.6 Å². The summed E-state index contributed by atoms with van der Waals surface area (Å²) in [7, 11) is 0. The predicted molar refractivity (Wildman–Crippen MR) is 147 cm³/mol. The number of hydrogen-bond acceptors (Lipinski definition) is 11. The van der Waals surface area contributed by atoms with Crippen LogP contribution in [0, 0.1) is 5.92 Å². The molecule has 2 fully saturated rings. The van der Waals surface area contributed by atoms with Crippen molar-refractivity contribution in [3.63, 3.8) is 0 Å². The summed E-state index contributed by atoms with van der Waals surface area (Å²) in [4.78, 5) is 36.6. The molecule has 5 rings (SSSR count). The molecule has 0 unspecified atom stereocenters. The van der Waals surface area contributed by atoms with Crippen molar-refractivity contribution in [2.75, 3.05) is 62.6 Å². The number of rotatable bonds is 9. The minimum atomic E-state index is -0.766. The molecule has 0 saturated carbocycles. The Hall–Kier alpha value is -3.45. The number of carbonyl (C=O) groups is 1. The van der Waals surface area contributed by atoms with Gasteiger partial charge in [0.1, 0.15) is 11.3 Å². The lowest BCUT2D eigenvalue weighted by atomic mass is 9.97. The molecule has 12 heteroatoms. The molecule has 0 aromatic carbocycles. The molecular weight excluding hydrogens is 500 g/mol. The highest BCUT2D eigenvalue weighted by Crippen LogP contribution is 2.30. The van der Waals surface area contributed by atoms with E-state index < -0.39 is 12.1 Å². The summed E-state index contributed by atoms with van der Waals surface area (Å²) in [6.45, 7) is 8.37. The number of nitrogens with zero attached hydrogens (tertiary/aromatic N) is 7. The van der Waals surface area contributed by atoms with Crippen LogP contribution in [-0.4, -0.2) is 103 Å². The minimum absolute atomic E-state index is 0.200. The van der Waals surface area contributed by atoms with Gasteiger partial charge in [0.05, 0.1) is 24.3 Å². The van der Waals surface area contributed by atoms with Crippen molar-refractivity contribution in [3.05, 3.63) is 41.9 Å². The smallest absolute Gasteiger partial charge is 0.306 e. The summed E-state index contributed by atoms with van der Waals surface area (Å²) in [5.74, 6) is 0.515. The van der Waals surface area contributed by atoms with E-state index in [1.807, 2.05) is 23.2 Å². The highest BCUT2D eigenvalue weighted by molar-refractivity contribution is 5.89. The molecule has 2 saturated heterocycles. The number of aromatic nitrogens is 4. The summed E-state index contributed by atoms with van der Waals surface area (Å²) in [5.41, 5.74) is 2.29. The molecule has 4 N–H and O–H groups in total. The maximum absolute atomic E-state index is 11.4. The number of aliphatic carboxylic acids is 1. The summed E-state index contributed by atoms with van der Waals surface area (Å²) < 4.78 is 0. The molecule has 39 heavy (non-hydrogen) atoms. The maximum Gasteiger partial charge on any atom is 0.306 e. The largest absolute Gasteiger partial charge is 0.481 e. The van der Waals surface area contributed by atoms with E-state index in [-0.39, 0.29) is 12.5 Å². The van der Waals surface area contributed by atoms with Crippen LogP contribution < -0.4 is 10.2 Å². The van der Waals surface area contributed by atoms with Gasteiger partial charge in [0.2, 0.25) is 5.95 Å². The van der Waals surface area contributed by atoms with E-state index in [0.29, 0.717) is 54.7 Å². The van der Waals surface area contributed by atoms with Crippen molar-refractivity contribution in [2.24, 2.45) is 5.92 Å². The summed E-state index contributed by atoms with van der Waals surface area (Å²) in [6.07, 6.45) is 3.87. The van der Waals surface area contributed by atoms with Gasteiger partial charge in [0, 0.05) is 70.1 Å². The van der Waals surface area contributed by atoms with Crippen molar-refractivity contribution in [1.82, 2.24) is 29.7 Å². The topological polar surface area (TPSA) is 151 Å². The highest BCUT2D eigenvalue weighted by Gasteiger charge is 2.27. The first-order valence-corrected chi connectivity index (χ1v) is 13.5. The standard InChI is InChI=1S/C27H36N8O4/c1-18(37)22-14-21-16-29-27(32-24(21)25(30-22)35-6-4-20(5-7-35)26(38)39)31-23-3-2-19(15-28-23)17-34-10-8-33(9-11-34)12-13-36/h2-3,14-16,18,20,36-37H,4-13,17H2,1H3,(H,38,39)(H,28,29,31,32)/t18-/m1/s1. The lowest BCUT2D eigenvalue weighted by Gasteiger charge is -2.34. The fraction of sp³-hybridized carbons (Fsp3) is 0.519. The third kappa shape index (κ3) is 6.59. The van der Waals surface area contributed by atoms with Crippen molar-refractivity contribution in [1.29, 1.82) is 0 Å². The lowest BCUT2D eigenvalue weighted by molar-refractivity contribution is -0.142. The molecule has 0 amide bonds. The average Bonchev–Trinajstić information content (AvgIpc) is 2.95. The average molecular weight is 537 g/mol. The molecule has 0 bridgehead atoms. The number of piperidine rings is 1. The molecule has 0 radical (unpaired) electrons. The van der Waals surface area contributed by atoms with E-state index in [1.54, 1.807) is 19.2 Å². The number of pyridine rings is 2. The number of piperazine rings is 1. The fourth-order valence-corrected chi connectivity index (χ4v) is 5.15. The first-order chi connectivity index (χ1) is 18.9. The Kier molecular flexibility index (Phi) is 8.46. The normalized spacial score (nSPS) is 18.4. The Morgan fingerprint density at radius 3 is 2.44 bits per heavy atom. The Morgan fingerprint density at radius 1 is 1.05 bits per heavy atom. The minimum Gasteiger partial charge on any atom is -0.481 e. The molecule has 2 aliphatic rings. The first-order valence-electron chi connectivity index (χ1n) is 13.5. The van der Waals surface area contributed by atoms with Gasteiger partial charge in [-0.25, -0.2) is 19.9 Å². The highest BCUT2D eigenvalue weighted by atomic mass is 16.4. The Balaban J connectivity index is 1.30. The van der Waals surface area contributed by atoms with Crippen LogP contribution in [0.15, 0.2) is 30.6 Å². The molecular formula is C27H36N8O4. The lowest BCUT2D eigenvalue weighted by Crippen LogP contribution is -2.46. The van der Waals surface area contributed by atoms with E-state index in [4.69, 9.17) is 15.1 Å². The second-order valence-electron chi connectivity index (χ2n) is 10.3. The van der Waals surface area contributed by atoms with Crippen LogP contribution >= 0.6 is 0 Å². The number of anilines is 3. The summed E-state index contributed by atoms with van der Waals surface area (Å²) in [5, 5.41) is 32.6. The fourth-order valence-electron chi connectivity index (χ4n) is 5.15. The van der Waals surface area contributed by atoms with Gasteiger partial charge in [-0.05, 0) is 37.5 Å². The second-order valence-corrected chi connectivity index (χ2v) is 10.3. The number of hydrogen-bond donors (Lipinski definition) is 4. The van der Waals surface area contributed by atoms with Crippen LogP contribution in [0.5, 0.6) is 0 Å². The Morgan fingerprint density at radius 2 is 1.79 bits per heavy atom. The van der Waals surface area contributed by atoms with Gasteiger partial charge in [0.15, 0.2) is 5.82 Å². The third-order valence-corrected chi connectivity index (χ3v) is 7.49. The molecule has 1 atom stereocenters. The van der Waals surface area contributed by atoms with Crippen molar-refractivity contribution in [2.45, 2.75) is 32.4 Å². The quantitative estimate of drug-likeness (QED) is 0.315. The molecule has 3 aromatic heterocycles. The molecule has 3 aromatic rings. The molecule has 208 valence electrons. The van der Waals surface area contributed by atoms with Gasteiger partial charge >= 0.3 is 5.97 Å². The van der Waals surface area contributed by atoms with E-state index in [9.17, 15) is 15.0 Å². The van der Waals surface area contributed by atoms with Gasteiger partial charge in [-0.1, -0.05) is 6.07 Å². The van der Waals surface area contributed by atoms with Crippen molar-refractivity contribution < 1.29 is 20.1 Å². The predicted octanol–water partition coefficient (Wildman–Crippen LogP) is 1.63. The van der Waals surface area contributed by atoms with Gasteiger partial charge < -0.3 is 25.5 Å². The second kappa shape index (κ2) is 12.2. The van der Waals surface area contributed by atoms with Crippen LogP contribution in [0.3, 0.4) is 0 Å². The Labute approximate surface area is 227 Å². The molecule has 5 heterocycles. The van der Waals surface area contributed by atoms with Gasteiger partial charge in [0.25, 0.3) is 0 Å². The van der Waals surface area contributed by atoms with Crippen molar-refractivity contribution >= 4 is 34.5 Å². The summed E-state index contributed by atoms with van der Waals surface area (Å²) >= 11 is 0. The monoisotopic (exact) mass is 536 g/mol. The zero-order chi connectivity index (χ0) is 27.4. The number of carboxylic acids is 1. The molecule has 0 aliphatic carbocycles. The number of β-amino-alcohol motifs (C(OH)–C–C–N with tert-alkyl or cyclic N) is 1. The van der Waals surface area contributed by atoms with Gasteiger partial charge in [-0.2, -0.15) is 0 Å². The van der Waals surface area contributed by atoms with Crippen LogP contribution in [0.1, 0.15) is 37.1 Å².